The largest absolute Gasteiger partial charge is 0.384 e. The van der Waals surface area contributed by atoms with Crippen molar-refractivity contribution < 1.29 is 52.2 Å². The molecule has 5 aliphatic rings. The molecule has 3 fully saturated rings. The third-order valence-corrected chi connectivity index (χ3v) is 14.9. The molecule has 0 bridgehead atoms. The maximum atomic E-state index is 16.2. The first-order valence-corrected chi connectivity index (χ1v) is 25.3. The molecule has 21 heteroatoms. The minimum atomic E-state index is -1.38. The van der Waals surface area contributed by atoms with Crippen LogP contribution in [0.15, 0.2) is 72.9 Å². The average Bonchev–Trinajstić information content (AvgIpc) is 3.97. The second kappa shape index (κ2) is 22.4. The summed E-state index contributed by atoms with van der Waals surface area (Å²) in [4.78, 5) is 97.7. The number of nitrogens with zero attached hydrogens (tertiary/aromatic N) is 2. The van der Waals surface area contributed by atoms with Crippen molar-refractivity contribution in [3.05, 3.63) is 117 Å². The third kappa shape index (κ3) is 10.2. The number of halogens is 3. The Morgan fingerprint density at radius 3 is 2.27 bits per heavy atom. The van der Waals surface area contributed by atoms with Crippen molar-refractivity contribution in [3.63, 3.8) is 0 Å². The summed E-state index contributed by atoms with van der Waals surface area (Å²) in [5.74, 6) is -5.00. The Balaban J connectivity index is 0.677. The van der Waals surface area contributed by atoms with Crippen LogP contribution in [0.5, 0.6) is 0 Å². The first kappa shape index (κ1) is 51.5. The van der Waals surface area contributed by atoms with Crippen LogP contribution >= 0.6 is 23.2 Å². The molecule has 73 heavy (non-hydrogen) atoms. The molecule has 7 amide bonds. The fraction of sp³-hybridized carbons (Fsp3) is 0.423. The van der Waals surface area contributed by atoms with Gasteiger partial charge in [0.2, 0.25) is 23.6 Å². The lowest BCUT2D eigenvalue weighted by atomic mass is 9.55. The van der Waals surface area contributed by atoms with Crippen molar-refractivity contribution >= 4 is 81.7 Å². The molecule has 4 aliphatic heterocycles. The summed E-state index contributed by atoms with van der Waals surface area (Å²) in [6, 6.07) is 15.7. The lowest BCUT2D eigenvalue weighted by Crippen LogP contribution is -2.60. The number of aromatic nitrogens is 1. The van der Waals surface area contributed by atoms with Crippen LogP contribution in [0, 0.1) is 5.82 Å². The summed E-state index contributed by atoms with van der Waals surface area (Å²) >= 11 is 12.7. The van der Waals surface area contributed by atoms with E-state index in [1.54, 1.807) is 54.6 Å². The first-order valence-electron chi connectivity index (χ1n) is 24.5. The number of carbonyl (C=O) groups excluding carboxylic acids is 7. The molecule has 4 aromatic rings. The van der Waals surface area contributed by atoms with E-state index in [1.807, 2.05) is 0 Å². The highest BCUT2D eigenvalue weighted by Crippen LogP contribution is 2.63. The second-order valence-corrected chi connectivity index (χ2v) is 19.5. The molecule has 4 atom stereocenters. The number of pyridine rings is 1. The summed E-state index contributed by atoms with van der Waals surface area (Å²) in [5.41, 5.74) is 0.186. The first-order chi connectivity index (χ1) is 35.3. The molecule has 6 N–H and O–H groups in total. The normalized spacial score (nSPS) is 21.8. The van der Waals surface area contributed by atoms with Gasteiger partial charge in [0.05, 0.1) is 54.2 Å². The number of anilines is 3. The molecule has 0 radical (unpaired) electrons. The van der Waals surface area contributed by atoms with Gasteiger partial charge in [0.1, 0.15) is 23.1 Å². The monoisotopic (exact) mass is 1040 g/mol. The van der Waals surface area contributed by atoms with E-state index in [1.165, 1.54) is 18.3 Å². The minimum absolute atomic E-state index is 0.0474. The number of hydrogen-bond donors (Lipinski definition) is 6. The Morgan fingerprint density at radius 1 is 0.822 bits per heavy atom. The molecule has 5 heterocycles. The molecule has 2 saturated heterocycles. The summed E-state index contributed by atoms with van der Waals surface area (Å²) < 4.78 is 33.1. The van der Waals surface area contributed by atoms with E-state index < -0.39 is 64.3 Å². The van der Waals surface area contributed by atoms with Gasteiger partial charge in [0.25, 0.3) is 17.7 Å². The Morgan fingerprint density at radius 2 is 1.55 bits per heavy atom. The molecule has 1 aromatic heterocycles. The van der Waals surface area contributed by atoms with Crippen LogP contribution < -0.4 is 31.9 Å². The number of imide groups is 2. The van der Waals surface area contributed by atoms with Crippen molar-refractivity contribution in [1.82, 2.24) is 25.8 Å². The Labute approximate surface area is 430 Å². The predicted molar refractivity (Wildman–Crippen MR) is 267 cm³/mol. The van der Waals surface area contributed by atoms with E-state index in [4.69, 9.17) is 37.4 Å². The minimum Gasteiger partial charge on any atom is -0.384 e. The van der Waals surface area contributed by atoms with Crippen molar-refractivity contribution in [3.8, 4) is 0 Å². The molecule has 1 unspecified atom stereocenters. The van der Waals surface area contributed by atoms with Crippen LogP contribution in [0.25, 0.3) is 0 Å². The lowest BCUT2D eigenvalue weighted by Gasteiger charge is -2.47. The van der Waals surface area contributed by atoms with Crippen molar-refractivity contribution in [2.24, 2.45) is 0 Å². The van der Waals surface area contributed by atoms with Gasteiger partial charge in [0.15, 0.2) is 0 Å². The third-order valence-electron chi connectivity index (χ3n) is 14.3. The van der Waals surface area contributed by atoms with Gasteiger partial charge >= 0.3 is 0 Å². The average molecular weight is 1040 g/mol. The molecule has 18 nitrogen and oxygen atoms in total. The number of piperidine rings is 1. The van der Waals surface area contributed by atoms with E-state index >= 15 is 4.39 Å². The number of carbonyl (C=O) groups is 7. The zero-order valence-electron chi connectivity index (χ0n) is 39.8. The smallest absolute Gasteiger partial charge is 0.264 e. The number of hydrogen-bond acceptors (Lipinski definition) is 13. The molecule has 1 saturated carbocycles. The maximum absolute atomic E-state index is 16.2. The highest BCUT2D eigenvalue weighted by atomic mass is 35.5. The standard InChI is InChI=1S/C52H55Cl2FN8O10/c53-31-13-14-34-37(28-31)59-50(70)52(34)42(33-9-4-10-35(54)43(33)55)44(62-51(52)18-2-1-3-19-51)47(67)60-39-16-12-30(29-58-39)45(65)57-21-7-23-72-25-27-73-26-24-71-22-6-20-56-36-11-5-8-32-41(36)49(69)63(48(32)68)38-15-17-40(64)61-46(38)66/h4-5,8-14,16,28-29,38,42,44,56,62H,1-3,6-7,15,17-27H2,(H,57,65)(H,59,70)(H,58,60,67)(H,61,64,66)/t38?,42-,44+,52+/m0/s1. The molecule has 1 aliphatic carbocycles. The summed E-state index contributed by atoms with van der Waals surface area (Å²) in [7, 11) is 0. The van der Waals surface area contributed by atoms with E-state index in [-0.39, 0.29) is 57.8 Å². The lowest BCUT2D eigenvalue weighted by molar-refractivity contribution is -0.136. The molecule has 2 spiro atoms. The van der Waals surface area contributed by atoms with Gasteiger partial charge in [-0.15, -0.1) is 0 Å². The summed E-state index contributed by atoms with van der Waals surface area (Å²) in [6.07, 6.45) is 6.34. The van der Waals surface area contributed by atoms with Crippen LogP contribution in [0.1, 0.15) is 106 Å². The molecular weight excluding hydrogens is 987 g/mol. The Kier molecular flexibility index (Phi) is 15.8. The molecule has 384 valence electrons. The number of fused-ring (bicyclic) bond motifs is 4. The van der Waals surface area contributed by atoms with Gasteiger partial charge in [-0.3, -0.25) is 49.1 Å². The summed E-state index contributed by atoms with van der Waals surface area (Å²) in [5, 5.41) is 18.0. The van der Waals surface area contributed by atoms with E-state index in [0.29, 0.717) is 100 Å². The molecule has 9 rings (SSSR count). The van der Waals surface area contributed by atoms with Crippen LogP contribution in [0.2, 0.25) is 10.0 Å². The Bertz CT molecular complexity index is 2810. The van der Waals surface area contributed by atoms with Crippen molar-refractivity contribution in [2.45, 2.75) is 86.7 Å². The van der Waals surface area contributed by atoms with Gasteiger partial charge in [0, 0.05) is 66.8 Å². The quantitative estimate of drug-likeness (QED) is 0.0449. The fourth-order valence-electron chi connectivity index (χ4n) is 11.1. The number of rotatable bonds is 20. The summed E-state index contributed by atoms with van der Waals surface area (Å²) in [6.45, 7) is 3.02. The van der Waals surface area contributed by atoms with E-state index in [2.05, 4.69) is 36.9 Å². The van der Waals surface area contributed by atoms with Crippen LogP contribution in [-0.2, 0) is 38.8 Å². The molecule has 3 aromatic carbocycles. The second-order valence-electron chi connectivity index (χ2n) is 18.7. The highest BCUT2D eigenvalue weighted by Gasteiger charge is 2.72. The van der Waals surface area contributed by atoms with Crippen LogP contribution in [-0.4, -0.2) is 122 Å². The van der Waals surface area contributed by atoms with E-state index in [9.17, 15) is 33.6 Å². The topological polar surface area (TPSA) is 235 Å². The van der Waals surface area contributed by atoms with Crippen LogP contribution in [0.3, 0.4) is 0 Å². The number of amides is 7. The van der Waals surface area contributed by atoms with Crippen LogP contribution in [0.4, 0.5) is 21.6 Å². The van der Waals surface area contributed by atoms with Gasteiger partial charge in [-0.05, 0) is 85.7 Å². The number of benzene rings is 3. The molecular formula is C52H55Cl2FN8O10. The highest BCUT2D eigenvalue weighted by molar-refractivity contribution is 6.31. The van der Waals surface area contributed by atoms with Gasteiger partial charge < -0.3 is 35.5 Å². The maximum Gasteiger partial charge on any atom is 0.264 e. The Hall–Kier alpha value is -6.35. The zero-order valence-corrected chi connectivity index (χ0v) is 41.3. The number of ether oxygens (including phenoxy) is 3. The van der Waals surface area contributed by atoms with Crippen molar-refractivity contribution in [2.75, 3.05) is 68.7 Å². The van der Waals surface area contributed by atoms with Crippen molar-refractivity contribution in [1.29, 1.82) is 0 Å². The predicted octanol–water partition coefficient (Wildman–Crippen LogP) is 5.89. The zero-order chi connectivity index (χ0) is 51.3. The fourth-order valence-corrected chi connectivity index (χ4v) is 11.5. The van der Waals surface area contributed by atoms with Gasteiger partial charge in [-0.2, -0.15) is 0 Å². The van der Waals surface area contributed by atoms with Gasteiger partial charge in [-0.1, -0.05) is 66.7 Å². The van der Waals surface area contributed by atoms with Gasteiger partial charge in [-0.25, -0.2) is 9.37 Å². The van der Waals surface area contributed by atoms with E-state index in [0.717, 1.165) is 24.2 Å². The SMILES string of the molecule is O=C1CCC(N2C(=O)c3cccc(NCCCOCCOCCOCCCNC(=O)c4ccc(NC(=O)[C@@H]5NC6(CCCCC6)[C@@]6(C(=O)Nc7cc(Cl)ccc76)[C@H]5c5cccc(Cl)c5F)nc4)c3C2=O)C(=O)N1. The number of nitrogens with one attached hydrogen (secondary N) is 6.